The molecule has 3 aromatic rings. The highest BCUT2D eigenvalue weighted by atomic mass is 19.4. The van der Waals surface area contributed by atoms with Gasteiger partial charge in [-0.15, -0.1) is 0 Å². The van der Waals surface area contributed by atoms with E-state index in [0.29, 0.717) is 11.5 Å². The van der Waals surface area contributed by atoms with Crippen molar-refractivity contribution in [2.75, 3.05) is 5.32 Å². The molecule has 134 valence electrons. The fourth-order valence-corrected chi connectivity index (χ4v) is 2.57. The van der Waals surface area contributed by atoms with E-state index in [1.165, 1.54) is 16.8 Å². The highest BCUT2D eigenvalue weighted by Gasteiger charge is 2.30. The molecule has 1 amide bonds. The van der Waals surface area contributed by atoms with Crippen LogP contribution < -0.4 is 5.32 Å². The molecule has 0 spiro atoms. The number of benzene rings is 2. The van der Waals surface area contributed by atoms with Crippen molar-refractivity contribution in [1.29, 1.82) is 0 Å². The Morgan fingerprint density at radius 3 is 2.50 bits per heavy atom. The normalized spacial score (nSPS) is 11.4. The Labute approximate surface area is 148 Å². The minimum Gasteiger partial charge on any atom is -0.310 e. The number of aromatic nitrogens is 2. The number of nitrogens with zero attached hydrogens (tertiary/aromatic N) is 2. The molecule has 3 rings (SSSR count). The van der Waals surface area contributed by atoms with E-state index in [-0.39, 0.29) is 18.0 Å². The molecule has 0 aliphatic rings. The molecular formula is C19H16F3N3O. The van der Waals surface area contributed by atoms with Crippen LogP contribution in [0.15, 0.2) is 60.7 Å². The fraction of sp³-hybridized carbons (Fsp3) is 0.158. The summed E-state index contributed by atoms with van der Waals surface area (Å²) in [5.41, 5.74) is 0.872. The summed E-state index contributed by atoms with van der Waals surface area (Å²) in [5.74, 6) is 0.0482. The first-order valence-electron chi connectivity index (χ1n) is 7.91. The van der Waals surface area contributed by atoms with Crippen molar-refractivity contribution in [2.24, 2.45) is 0 Å². The molecule has 7 heteroatoms. The van der Waals surface area contributed by atoms with E-state index in [2.05, 4.69) is 10.4 Å². The summed E-state index contributed by atoms with van der Waals surface area (Å²) >= 11 is 0. The Balaban J connectivity index is 1.86. The summed E-state index contributed by atoms with van der Waals surface area (Å²) in [6, 6.07) is 15.6. The summed E-state index contributed by atoms with van der Waals surface area (Å²) in [5, 5.41) is 6.92. The monoisotopic (exact) mass is 359 g/mol. The Morgan fingerprint density at radius 2 is 1.81 bits per heavy atom. The van der Waals surface area contributed by atoms with E-state index in [0.717, 1.165) is 17.7 Å². The number of halogens is 3. The molecule has 0 aliphatic carbocycles. The molecule has 0 unspecified atom stereocenters. The van der Waals surface area contributed by atoms with Crippen molar-refractivity contribution in [2.45, 2.75) is 19.5 Å². The van der Waals surface area contributed by atoms with Gasteiger partial charge in [-0.25, -0.2) is 4.68 Å². The summed E-state index contributed by atoms with van der Waals surface area (Å²) in [6.07, 6.45) is -4.29. The van der Waals surface area contributed by atoms with Crippen LogP contribution in [0.4, 0.5) is 19.0 Å². The summed E-state index contributed by atoms with van der Waals surface area (Å²) < 4.78 is 40.1. The van der Waals surface area contributed by atoms with Crippen LogP contribution in [0.1, 0.15) is 16.8 Å². The number of amides is 1. The maximum absolute atomic E-state index is 12.9. The molecule has 2 aromatic carbocycles. The van der Waals surface area contributed by atoms with Crippen LogP contribution in [0.3, 0.4) is 0 Å². The minimum atomic E-state index is -4.45. The Hall–Kier alpha value is -3.09. The smallest absolute Gasteiger partial charge is 0.310 e. The predicted octanol–water partition coefficient (Wildman–Crippen LogP) is 4.38. The van der Waals surface area contributed by atoms with E-state index in [1.54, 1.807) is 13.0 Å². The molecule has 1 heterocycles. The average Bonchev–Trinajstić information content (AvgIpc) is 2.95. The zero-order valence-corrected chi connectivity index (χ0v) is 13.9. The first kappa shape index (κ1) is 17.7. The molecular weight excluding hydrogens is 343 g/mol. The molecule has 0 fully saturated rings. The number of hydrogen-bond donors (Lipinski definition) is 1. The number of carbonyl (C=O) groups excluding carboxylic acids is 1. The van der Waals surface area contributed by atoms with Gasteiger partial charge in [-0.2, -0.15) is 18.3 Å². The van der Waals surface area contributed by atoms with E-state index < -0.39 is 11.7 Å². The van der Waals surface area contributed by atoms with Crippen LogP contribution >= 0.6 is 0 Å². The Kier molecular flexibility index (Phi) is 4.79. The quantitative estimate of drug-likeness (QED) is 0.751. The number of alkyl halides is 3. The number of rotatable bonds is 4. The Bertz CT molecular complexity index is 917. The molecule has 0 bridgehead atoms. The van der Waals surface area contributed by atoms with Crippen molar-refractivity contribution in [3.63, 3.8) is 0 Å². The molecule has 1 aromatic heterocycles. The van der Waals surface area contributed by atoms with Gasteiger partial charge in [-0.05, 0) is 30.7 Å². The third-order valence-electron chi connectivity index (χ3n) is 3.72. The lowest BCUT2D eigenvalue weighted by molar-refractivity contribution is -0.137. The van der Waals surface area contributed by atoms with Gasteiger partial charge in [0.1, 0.15) is 5.82 Å². The molecule has 0 aliphatic heterocycles. The molecule has 4 nitrogen and oxygen atoms in total. The molecule has 0 radical (unpaired) electrons. The average molecular weight is 359 g/mol. The van der Waals surface area contributed by atoms with Crippen LogP contribution in [0.2, 0.25) is 0 Å². The minimum absolute atomic E-state index is 0.160. The van der Waals surface area contributed by atoms with Gasteiger partial charge in [-0.1, -0.05) is 36.4 Å². The highest BCUT2D eigenvalue weighted by Crippen LogP contribution is 2.31. The number of carbonyl (C=O) groups is 1. The number of hydrogen-bond acceptors (Lipinski definition) is 2. The lowest BCUT2D eigenvalue weighted by Crippen LogP contribution is -2.17. The van der Waals surface area contributed by atoms with E-state index >= 15 is 0 Å². The zero-order chi connectivity index (χ0) is 18.7. The second-order valence-corrected chi connectivity index (χ2v) is 5.84. The van der Waals surface area contributed by atoms with Crippen molar-refractivity contribution in [3.8, 4) is 5.69 Å². The molecule has 26 heavy (non-hydrogen) atoms. The van der Waals surface area contributed by atoms with E-state index in [4.69, 9.17) is 0 Å². The second-order valence-electron chi connectivity index (χ2n) is 5.84. The number of anilines is 1. The van der Waals surface area contributed by atoms with Crippen molar-refractivity contribution >= 4 is 11.7 Å². The summed E-state index contributed by atoms with van der Waals surface area (Å²) in [7, 11) is 0. The maximum Gasteiger partial charge on any atom is 0.416 e. The molecule has 0 atom stereocenters. The van der Waals surface area contributed by atoms with Crippen LogP contribution in [-0.2, 0) is 17.4 Å². The van der Waals surface area contributed by atoms with Gasteiger partial charge in [0.15, 0.2) is 0 Å². The van der Waals surface area contributed by atoms with Crippen LogP contribution in [0, 0.1) is 6.92 Å². The van der Waals surface area contributed by atoms with Gasteiger partial charge in [0.05, 0.1) is 23.4 Å². The van der Waals surface area contributed by atoms with Gasteiger partial charge >= 0.3 is 6.18 Å². The number of aryl methyl sites for hydroxylation is 1. The lowest BCUT2D eigenvalue weighted by Gasteiger charge is -2.12. The third-order valence-corrected chi connectivity index (χ3v) is 3.72. The highest BCUT2D eigenvalue weighted by molar-refractivity contribution is 5.91. The topological polar surface area (TPSA) is 46.9 Å². The molecule has 1 N–H and O–H groups in total. The van der Waals surface area contributed by atoms with E-state index in [1.807, 2.05) is 30.3 Å². The fourth-order valence-electron chi connectivity index (χ4n) is 2.57. The van der Waals surface area contributed by atoms with Gasteiger partial charge < -0.3 is 5.32 Å². The van der Waals surface area contributed by atoms with Gasteiger partial charge in [0, 0.05) is 6.07 Å². The second kappa shape index (κ2) is 7.03. The van der Waals surface area contributed by atoms with E-state index in [9.17, 15) is 18.0 Å². The van der Waals surface area contributed by atoms with Crippen molar-refractivity contribution < 1.29 is 18.0 Å². The predicted molar refractivity (Wildman–Crippen MR) is 92.1 cm³/mol. The maximum atomic E-state index is 12.9. The van der Waals surface area contributed by atoms with Crippen molar-refractivity contribution in [1.82, 2.24) is 9.78 Å². The van der Waals surface area contributed by atoms with Gasteiger partial charge in [-0.3, -0.25) is 4.79 Å². The first-order chi connectivity index (χ1) is 12.3. The lowest BCUT2D eigenvalue weighted by atomic mass is 10.1. The van der Waals surface area contributed by atoms with Crippen molar-refractivity contribution in [3.05, 3.63) is 77.5 Å². The zero-order valence-electron chi connectivity index (χ0n) is 13.9. The summed E-state index contributed by atoms with van der Waals surface area (Å²) in [6.45, 7) is 1.71. The summed E-state index contributed by atoms with van der Waals surface area (Å²) in [4.78, 5) is 12.3. The largest absolute Gasteiger partial charge is 0.416 e. The molecule has 0 saturated carbocycles. The van der Waals surface area contributed by atoms with Crippen LogP contribution in [0.5, 0.6) is 0 Å². The first-order valence-corrected chi connectivity index (χ1v) is 7.91. The van der Waals surface area contributed by atoms with Crippen LogP contribution in [0.25, 0.3) is 5.69 Å². The van der Waals surface area contributed by atoms with Gasteiger partial charge in [0.2, 0.25) is 5.91 Å². The standard InChI is InChI=1S/C19H16F3N3O/c1-13-10-17(23-18(26)11-14-6-3-2-4-7-14)25(24-13)16-9-5-8-15(12-16)19(20,21)22/h2-10,12H,11H2,1H3,(H,23,26). The van der Waals surface area contributed by atoms with Crippen LogP contribution in [-0.4, -0.2) is 15.7 Å². The third kappa shape index (κ3) is 4.11. The van der Waals surface area contributed by atoms with Gasteiger partial charge in [0.25, 0.3) is 0 Å². The number of nitrogens with one attached hydrogen (secondary N) is 1. The Morgan fingerprint density at radius 1 is 1.08 bits per heavy atom. The molecule has 0 saturated heterocycles. The SMILES string of the molecule is Cc1cc(NC(=O)Cc2ccccc2)n(-c2cccc(C(F)(F)F)c2)n1.